The fourth-order valence-electron chi connectivity index (χ4n) is 2.80. The van der Waals surface area contributed by atoms with Crippen LogP contribution in [0.4, 0.5) is 0 Å². The fraction of sp³-hybridized carbons (Fsp3) is 0.538. The van der Waals surface area contributed by atoms with Crippen LogP contribution in [0, 0.1) is 5.41 Å². The van der Waals surface area contributed by atoms with E-state index in [1.165, 1.54) is 0 Å². The molecule has 2 rings (SSSR count). The first kappa shape index (κ1) is 15.0. The van der Waals surface area contributed by atoms with Crippen molar-refractivity contribution in [2.45, 2.75) is 18.1 Å². The molecule has 2 atom stereocenters. The zero-order valence-corrected chi connectivity index (χ0v) is 13.0. The Kier molecular flexibility index (Phi) is 4.07. The molecule has 6 heteroatoms. The van der Waals surface area contributed by atoms with Crippen molar-refractivity contribution in [1.29, 1.82) is 0 Å². The number of halogens is 1. The third kappa shape index (κ3) is 2.35. The molecule has 4 nitrogen and oxygen atoms in total. The van der Waals surface area contributed by atoms with Crippen LogP contribution in [-0.4, -0.2) is 42.8 Å². The molecule has 1 saturated carbocycles. The molecule has 0 bridgehead atoms. The molecule has 1 aliphatic carbocycles. The molecule has 0 spiro atoms. The minimum absolute atomic E-state index is 0.0203. The molecular weight excluding hydrogens is 332 g/mol. The summed E-state index contributed by atoms with van der Waals surface area (Å²) in [7, 11) is -3.30. The lowest BCUT2D eigenvalue weighted by molar-refractivity contribution is 0.130. The largest absolute Gasteiger partial charge is 0.396 e. The monoisotopic (exact) mass is 348 g/mol. The lowest BCUT2D eigenvalue weighted by atomic mass is 10.0. The molecular formula is C13H17BrO4S. The highest BCUT2D eigenvalue weighted by Crippen LogP contribution is 2.62. The summed E-state index contributed by atoms with van der Waals surface area (Å²) in [5, 5.41) is 18.4. The zero-order chi connectivity index (χ0) is 14.3. The molecule has 0 aromatic heterocycles. The van der Waals surface area contributed by atoms with E-state index in [1.54, 1.807) is 6.92 Å². The highest BCUT2D eigenvalue weighted by molar-refractivity contribution is 9.10. The van der Waals surface area contributed by atoms with Gasteiger partial charge in [0.25, 0.3) is 0 Å². The van der Waals surface area contributed by atoms with E-state index in [2.05, 4.69) is 15.9 Å². The van der Waals surface area contributed by atoms with Gasteiger partial charge in [-0.15, -0.1) is 0 Å². The highest BCUT2D eigenvalue weighted by Gasteiger charge is 2.69. The lowest BCUT2D eigenvalue weighted by Crippen LogP contribution is -2.23. The minimum atomic E-state index is -3.30. The maximum Gasteiger partial charge on any atom is 0.154 e. The Morgan fingerprint density at radius 2 is 1.74 bits per heavy atom. The van der Waals surface area contributed by atoms with E-state index in [0.717, 1.165) is 10.0 Å². The second kappa shape index (κ2) is 5.16. The van der Waals surface area contributed by atoms with Gasteiger partial charge in [0.2, 0.25) is 0 Å². The highest BCUT2D eigenvalue weighted by atomic mass is 79.9. The molecule has 19 heavy (non-hydrogen) atoms. The molecule has 0 amide bonds. The molecule has 0 unspecified atom stereocenters. The fourth-order valence-corrected chi connectivity index (χ4v) is 5.20. The topological polar surface area (TPSA) is 74.6 Å². The van der Waals surface area contributed by atoms with E-state index in [1.807, 2.05) is 24.3 Å². The van der Waals surface area contributed by atoms with E-state index >= 15 is 0 Å². The van der Waals surface area contributed by atoms with Gasteiger partial charge >= 0.3 is 0 Å². The smallest absolute Gasteiger partial charge is 0.154 e. The van der Waals surface area contributed by atoms with Crippen molar-refractivity contribution in [3.63, 3.8) is 0 Å². The van der Waals surface area contributed by atoms with Crippen molar-refractivity contribution in [2.24, 2.45) is 5.41 Å². The van der Waals surface area contributed by atoms with Gasteiger partial charge in [0.1, 0.15) is 0 Å². The van der Waals surface area contributed by atoms with Crippen LogP contribution in [0.5, 0.6) is 0 Å². The summed E-state index contributed by atoms with van der Waals surface area (Å²) in [4.78, 5) is 0. The third-order valence-electron chi connectivity index (χ3n) is 3.99. The van der Waals surface area contributed by atoms with Gasteiger partial charge in [-0.3, -0.25) is 0 Å². The van der Waals surface area contributed by atoms with Crippen LogP contribution in [0.25, 0.3) is 0 Å². The average molecular weight is 349 g/mol. The van der Waals surface area contributed by atoms with Crippen LogP contribution >= 0.6 is 15.9 Å². The van der Waals surface area contributed by atoms with Gasteiger partial charge < -0.3 is 10.2 Å². The Balaban J connectivity index is 2.42. The van der Waals surface area contributed by atoms with Gasteiger partial charge in [-0.2, -0.15) is 0 Å². The van der Waals surface area contributed by atoms with E-state index < -0.39 is 20.5 Å². The van der Waals surface area contributed by atoms with Gasteiger partial charge in [-0.05, 0) is 17.7 Å². The molecule has 1 fully saturated rings. The van der Waals surface area contributed by atoms with E-state index in [9.17, 15) is 18.6 Å². The van der Waals surface area contributed by atoms with Crippen molar-refractivity contribution in [2.75, 3.05) is 19.0 Å². The molecule has 1 aliphatic rings. The Labute approximate surface area is 121 Å². The first-order valence-electron chi connectivity index (χ1n) is 6.11. The van der Waals surface area contributed by atoms with Crippen LogP contribution in [-0.2, 0) is 9.84 Å². The molecule has 0 aliphatic heterocycles. The van der Waals surface area contributed by atoms with Crippen molar-refractivity contribution >= 4 is 25.8 Å². The van der Waals surface area contributed by atoms with Gasteiger partial charge in [-0.1, -0.05) is 35.0 Å². The molecule has 106 valence electrons. The number of aliphatic hydroxyl groups is 2. The van der Waals surface area contributed by atoms with Crippen LogP contribution in [0.15, 0.2) is 28.7 Å². The van der Waals surface area contributed by atoms with Crippen molar-refractivity contribution in [3.8, 4) is 0 Å². The zero-order valence-electron chi connectivity index (χ0n) is 10.6. The number of aliphatic hydroxyl groups excluding tert-OH is 2. The molecule has 0 saturated heterocycles. The SMILES string of the molecule is CCS(=O)(=O)[C@@H]1[C@H](c2ccc(Br)cc2)C1(CO)CO. The van der Waals surface area contributed by atoms with E-state index in [-0.39, 0.29) is 24.9 Å². The first-order chi connectivity index (χ1) is 8.93. The summed E-state index contributed by atoms with van der Waals surface area (Å²) in [5.41, 5.74) is -0.101. The number of hydrogen-bond donors (Lipinski definition) is 2. The van der Waals surface area contributed by atoms with Crippen LogP contribution in [0.2, 0.25) is 0 Å². The molecule has 0 radical (unpaired) electrons. The number of hydrogen-bond acceptors (Lipinski definition) is 4. The quantitative estimate of drug-likeness (QED) is 0.841. The summed E-state index contributed by atoms with van der Waals surface area (Å²) in [5.74, 6) is -0.313. The van der Waals surface area contributed by atoms with Crippen LogP contribution in [0.1, 0.15) is 18.4 Å². The standard InChI is InChI=1S/C13H17BrO4S/c1-2-19(17,18)12-11(13(12,7-15)8-16)9-3-5-10(14)6-4-9/h3-6,11-12,15-16H,2,7-8H2,1H3/t11-,12+/m0/s1. The summed E-state index contributed by atoms with van der Waals surface area (Å²) in [6.45, 7) is 0.939. The van der Waals surface area contributed by atoms with Gasteiger partial charge in [-0.25, -0.2) is 8.42 Å². The minimum Gasteiger partial charge on any atom is -0.396 e. The van der Waals surface area contributed by atoms with Gasteiger partial charge in [0.05, 0.1) is 18.5 Å². The molecule has 1 aromatic rings. The summed E-state index contributed by atoms with van der Waals surface area (Å²) < 4.78 is 25.1. The molecule has 0 heterocycles. The van der Waals surface area contributed by atoms with Crippen molar-refractivity contribution < 1.29 is 18.6 Å². The van der Waals surface area contributed by atoms with E-state index in [0.29, 0.717) is 0 Å². The van der Waals surface area contributed by atoms with Crippen molar-refractivity contribution in [1.82, 2.24) is 0 Å². The summed E-state index contributed by atoms with van der Waals surface area (Å²) >= 11 is 3.33. The second-order valence-corrected chi connectivity index (χ2v) is 8.28. The summed E-state index contributed by atoms with van der Waals surface area (Å²) in [6.07, 6.45) is 0. The van der Waals surface area contributed by atoms with Crippen LogP contribution in [0.3, 0.4) is 0 Å². The average Bonchev–Trinajstić information content (AvgIpc) is 3.10. The maximum absolute atomic E-state index is 12.1. The van der Waals surface area contributed by atoms with Crippen LogP contribution < -0.4 is 0 Å². The van der Waals surface area contributed by atoms with Gasteiger partial charge in [0.15, 0.2) is 9.84 Å². The van der Waals surface area contributed by atoms with Gasteiger partial charge in [0, 0.05) is 21.6 Å². The predicted octanol–water partition coefficient (Wildman–Crippen LogP) is 1.32. The number of rotatable bonds is 5. The Bertz CT molecular complexity index is 549. The predicted molar refractivity (Wildman–Crippen MR) is 76.7 cm³/mol. The number of benzene rings is 1. The number of sulfone groups is 1. The first-order valence-corrected chi connectivity index (χ1v) is 8.62. The normalized spacial score (nSPS) is 25.3. The Morgan fingerprint density at radius 3 is 2.16 bits per heavy atom. The van der Waals surface area contributed by atoms with E-state index in [4.69, 9.17) is 0 Å². The second-order valence-electron chi connectivity index (χ2n) is 4.95. The third-order valence-corrected chi connectivity index (χ3v) is 6.84. The Hall–Kier alpha value is -0.430. The molecule has 2 N–H and O–H groups in total. The summed E-state index contributed by atoms with van der Waals surface area (Å²) in [6, 6.07) is 7.34. The van der Waals surface area contributed by atoms with Crippen molar-refractivity contribution in [3.05, 3.63) is 34.3 Å². The molecule has 1 aromatic carbocycles. The lowest BCUT2D eigenvalue weighted by Gasteiger charge is -2.10. The maximum atomic E-state index is 12.1. The Morgan fingerprint density at radius 1 is 1.21 bits per heavy atom.